The molecule has 0 saturated carbocycles. The zero-order valence-electron chi connectivity index (χ0n) is 16.0. The van der Waals surface area contributed by atoms with Crippen LogP contribution in [0.5, 0.6) is 5.75 Å². The fourth-order valence-electron chi connectivity index (χ4n) is 3.23. The molecular weight excluding hydrogens is 364 g/mol. The molecule has 0 amide bonds. The van der Waals surface area contributed by atoms with Gasteiger partial charge in [0.1, 0.15) is 11.9 Å². The molecule has 1 aliphatic heterocycles. The maximum absolute atomic E-state index is 12.8. The van der Waals surface area contributed by atoms with Gasteiger partial charge in [0.15, 0.2) is 0 Å². The number of rotatable bonds is 5. The van der Waals surface area contributed by atoms with Gasteiger partial charge in [-0.15, -0.1) is 0 Å². The van der Waals surface area contributed by atoms with Crippen LogP contribution in [-0.2, 0) is 23.5 Å². The average molecular weight is 391 g/mol. The summed E-state index contributed by atoms with van der Waals surface area (Å²) in [5, 5.41) is 0. The zero-order chi connectivity index (χ0) is 19.6. The molecule has 1 aromatic carbocycles. The highest BCUT2D eigenvalue weighted by Crippen LogP contribution is 2.24. The molecule has 0 radical (unpaired) electrons. The van der Waals surface area contributed by atoms with E-state index in [1.165, 1.54) is 10.4 Å². The molecule has 7 heteroatoms. The molecule has 2 aromatic rings. The van der Waals surface area contributed by atoms with Gasteiger partial charge in [-0.3, -0.25) is 4.79 Å². The van der Waals surface area contributed by atoms with E-state index in [1.54, 1.807) is 23.7 Å². The van der Waals surface area contributed by atoms with Gasteiger partial charge in [-0.05, 0) is 49.9 Å². The Balaban J connectivity index is 1.65. The molecule has 1 aromatic heterocycles. The Labute approximate surface area is 160 Å². The van der Waals surface area contributed by atoms with E-state index in [0.29, 0.717) is 36.6 Å². The smallest absolute Gasteiger partial charge is 0.254 e. The molecule has 27 heavy (non-hydrogen) atoms. The standard InChI is InChI=1S/C20H26N2O4S/c1-4-16-5-7-19(8-6-16)27(24,25)22-11-9-17(10-12-22)26-18-13-15(2)21(3)20(23)14-18/h5-8,13-14,17H,4,9-12H2,1-3H3. The van der Waals surface area contributed by atoms with Gasteiger partial charge < -0.3 is 9.30 Å². The van der Waals surface area contributed by atoms with Gasteiger partial charge in [0, 0.05) is 31.9 Å². The number of aryl methyl sites for hydroxylation is 2. The van der Waals surface area contributed by atoms with Crippen LogP contribution in [0.15, 0.2) is 46.1 Å². The second kappa shape index (κ2) is 7.86. The summed E-state index contributed by atoms with van der Waals surface area (Å²) >= 11 is 0. The summed E-state index contributed by atoms with van der Waals surface area (Å²) in [5.74, 6) is 0.548. The average Bonchev–Trinajstić information content (AvgIpc) is 2.66. The van der Waals surface area contributed by atoms with Crippen molar-refractivity contribution in [2.75, 3.05) is 13.1 Å². The van der Waals surface area contributed by atoms with E-state index < -0.39 is 10.0 Å². The normalized spacial score (nSPS) is 16.4. The van der Waals surface area contributed by atoms with E-state index in [0.717, 1.165) is 17.7 Å². The van der Waals surface area contributed by atoms with Gasteiger partial charge in [-0.2, -0.15) is 4.31 Å². The van der Waals surface area contributed by atoms with Crippen molar-refractivity contribution in [3.8, 4) is 5.75 Å². The first kappa shape index (κ1) is 19.6. The number of nitrogens with zero attached hydrogens (tertiary/aromatic N) is 2. The van der Waals surface area contributed by atoms with Gasteiger partial charge in [0.2, 0.25) is 10.0 Å². The fraction of sp³-hybridized carbons (Fsp3) is 0.450. The van der Waals surface area contributed by atoms with Crippen molar-refractivity contribution in [3.05, 3.63) is 58.0 Å². The van der Waals surface area contributed by atoms with Gasteiger partial charge >= 0.3 is 0 Å². The number of pyridine rings is 1. The number of aromatic nitrogens is 1. The Morgan fingerprint density at radius 3 is 2.30 bits per heavy atom. The minimum absolute atomic E-state index is 0.0922. The second-order valence-electron chi connectivity index (χ2n) is 6.95. The van der Waals surface area contributed by atoms with Crippen molar-refractivity contribution in [1.82, 2.24) is 8.87 Å². The Kier molecular flexibility index (Phi) is 5.72. The van der Waals surface area contributed by atoms with Crippen LogP contribution in [-0.4, -0.2) is 36.5 Å². The molecule has 0 N–H and O–H groups in total. The first-order valence-electron chi connectivity index (χ1n) is 9.24. The van der Waals surface area contributed by atoms with Gasteiger partial charge in [0.25, 0.3) is 5.56 Å². The number of piperidine rings is 1. The topological polar surface area (TPSA) is 68.6 Å². The second-order valence-corrected chi connectivity index (χ2v) is 8.89. The van der Waals surface area contributed by atoms with Crippen molar-refractivity contribution in [1.29, 1.82) is 0 Å². The van der Waals surface area contributed by atoms with Crippen molar-refractivity contribution < 1.29 is 13.2 Å². The summed E-state index contributed by atoms with van der Waals surface area (Å²) in [6.07, 6.45) is 1.98. The number of hydrogen-bond donors (Lipinski definition) is 0. The number of benzene rings is 1. The third-order valence-corrected chi connectivity index (χ3v) is 7.06. The van der Waals surface area contributed by atoms with Crippen LogP contribution >= 0.6 is 0 Å². The first-order valence-corrected chi connectivity index (χ1v) is 10.7. The van der Waals surface area contributed by atoms with E-state index in [2.05, 4.69) is 0 Å². The van der Waals surface area contributed by atoms with Gasteiger partial charge in [-0.25, -0.2) is 8.42 Å². The predicted molar refractivity (Wildman–Crippen MR) is 105 cm³/mol. The lowest BCUT2D eigenvalue weighted by molar-refractivity contribution is 0.134. The maximum atomic E-state index is 12.8. The van der Waals surface area contributed by atoms with E-state index in [9.17, 15) is 13.2 Å². The van der Waals surface area contributed by atoms with Crippen LogP contribution in [0, 0.1) is 6.92 Å². The van der Waals surface area contributed by atoms with E-state index in [1.807, 2.05) is 32.0 Å². The van der Waals surface area contributed by atoms with Crippen LogP contribution in [0.25, 0.3) is 0 Å². The molecule has 6 nitrogen and oxygen atoms in total. The van der Waals surface area contributed by atoms with E-state index in [4.69, 9.17) is 4.74 Å². The van der Waals surface area contributed by atoms with Crippen molar-refractivity contribution in [3.63, 3.8) is 0 Å². The van der Waals surface area contributed by atoms with Crippen LogP contribution in [0.3, 0.4) is 0 Å². The third kappa shape index (κ3) is 4.25. The quantitative estimate of drug-likeness (QED) is 0.787. The highest BCUT2D eigenvalue weighted by atomic mass is 32.2. The summed E-state index contributed by atoms with van der Waals surface area (Å²) in [6.45, 7) is 4.71. The van der Waals surface area contributed by atoms with Crippen LogP contribution in [0.1, 0.15) is 31.0 Å². The van der Waals surface area contributed by atoms with E-state index >= 15 is 0 Å². The molecule has 0 spiro atoms. The molecule has 2 heterocycles. The van der Waals surface area contributed by atoms with Crippen LogP contribution in [0.2, 0.25) is 0 Å². The highest BCUT2D eigenvalue weighted by Gasteiger charge is 2.30. The summed E-state index contributed by atoms with van der Waals surface area (Å²) in [7, 11) is -1.76. The minimum atomic E-state index is -3.48. The van der Waals surface area contributed by atoms with Crippen molar-refractivity contribution in [2.24, 2.45) is 7.05 Å². The summed E-state index contributed by atoms with van der Waals surface area (Å²) in [5.41, 5.74) is 1.83. The van der Waals surface area contributed by atoms with Crippen LogP contribution in [0.4, 0.5) is 0 Å². The lowest BCUT2D eigenvalue weighted by Gasteiger charge is -2.31. The zero-order valence-corrected chi connectivity index (χ0v) is 16.8. The molecule has 3 rings (SSSR count). The molecule has 146 valence electrons. The van der Waals surface area contributed by atoms with Gasteiger partial charge in [0.05, 0.1) is 4.90 Å². The molecule has 1 saturated heterocycles. The largest absolute Gasteiger partial charge is 0.490 e. The maximum Gasteiger partial charge on any atom is 0.254 e. The first-order chi connectivity index (χ1) is 12.8. The number of hydrogen-bond acceptors (Lipinski definition) is 4. The summed E-state index contributed by atoms with van der Waals surface area (Å²) < 4.78 is 34.7. The molecular formula is C20H26N2O4S. The van der Waals surface area contributed by atoms with Crippen molar-refractivity contribution in [2.45, 2.75) is 44.1 Å². The lowest BCUT2D eigenvalue weighted by Crippen LogP contribution is -2.41. The molecule has 0 aliphatic carbocycles. The van der Waals surface area contributed by atoms with Gasteiger partial charge in [-0.1, -0.05) is 19.1 Å². The number of ether oxygens (including phenoxy) is 1. The SMILES string of the molecule is CCc1ccc(S(=O)(=O)N2CCC(Oc3cc(C)n(C)c(=O)c3)CC2)cc1. The third-order valence-electron chi connectivity index (χ3n) is 5.15. The summed E-state index contributed by atoms with van der Waals surface area (Å²) in [4.78, 5) is 12.2. The Bertz CT molecular complexity index is 956. The molecule has 0 atom stereocenters. The fourth-order valence-corrected chi connectivity index (χ4v) is 4.70. The monoisotopic (exact) mass is 390 g/mol. The van der Waals surface area contributed by atoms with Crippen molar-refractivity contribution >= 4 is 10.0 Å². The van der Waals surface area contributed by atoms with Crippen LogP contribution < -0.4 is 10.3 Å². The predicted octanol–water partition coefficient (Wildman–Crippen LogP) is 2.49. The molecule has 0 unspecified atom stereocenters. The summed E-state index contributed by atoms with van der Waals surface area (Å²) in [6, 6.07) is 10.4. The highest BCUT2D eigenvalue weighted by molar-refractivity contribution is 7.89. The molecule has 1 aliphatic rings. The molecule has 1 fully saturated rings. The number of sulfonamides is 1. The Morgan fingerprint density at radius 1 is 1.11 bits per heavy atom. The minimum Gasteiger partial charge on any atom is -0.490 e. The lowest BCUT2D eigenvalue weighted by atomic mass is 10.1. The Hall–Kier alpha value is -2.12. The molecule has 0 bridgehead atoms. The van der Waals surface area contributed by atoms with E-state index in [-0.39, 0.29) is 11.7 Å². The Morgan fingerprint density at radius 2 is 1.74 bits per heavy atom.